The van der Waals surface area contributed by atoms with E-state index in [9.17, 15) is 0 Å². The van der Waals surface area contributed by atoms with Crippen LogP contribution in [0.5, 0.6) is 0 Å². The Morgan fingerprint density at radius 2 is 1.80 bits per heavy atom. The first-order valence-electron chi connectivity index (χ1n) is 9.71. The molecule has 0 saturated carbocycles. The van der Waals surface area contributed by atoms with Crippen molar-refractivity contribution in [3.05, 3.63) is 76.6 Å². The van der Waals surface area contributed by atoms with E-state index in [4.69, 9.17) is 4.52 Å². The maximum atomic E-state index is 5.37. The number of benzene rings is 2. The lowest BCUT2D eigenvalue weighted by atomic mass is 10.0. The molecule has 5 nitrogen and oxygen atoms in total. The molecule has 2 aromatic heterocycles. The Balaban J connectivity index is 1.37. The fourth-order valence-electron chi connectivity index (χ4n) is 3.03. The lowest BCUT2D eigenvalue weighted by Crippen LogP contribution is -1.94. The summed E-state index contributed by atoms with van der Waals surface area (Å²) < 4.78 is 6.34. The van der Waals surface area contributed by atoms with Gasteiger partial charge in [-0.3, -0.25) is 0 Å². The van der Waals surface area contributed by atoms with Crippen LogP contribution < -0.4 is 0 Å². The Morgan fingerprint density at radius 3 is 2.50 bits per heavy atom. The van der Waals surface area contributed by atoms with Gasteiger partial charge >= 0.3 is 0 Å². The maximum Gasteiger partial charge on any atom is 0.237 e. The molecule has 7 heteroatoms. The van der Waals surface area contributed by atoms with Crippen LogP contribution in [0.4, 0.5) is 0 Å². The molecule has 152 valence electrons. The minimum absolute atomic E-state index is 0.541. The third-order valence-corrected chi connectivity index (χ3v) is 5.83. The highest BCUT2D eigenvalue weighted by atomic mass is 79.9. The molecule has 0 amide bonds. The first kappa shape index (κ1) is 20.8. The molecule has 0 bridgehead atoms. The first-order chi connectivity index (χ1) is 14.6. The van der Waals surface area contributed by atoms with E-state index in [2.05, 4.69) is 74.4 Å². The SMILES string of the molecule is CC(C)Cc1ccc(-c2ccc(SCc3nc(-c4cccc(Br)c4)no3)nn2)cc1. The smallest absolute Gasteiger partial charge is 0.237 e. The monoisotopic (exact) mass is 480 g/mol. The average Bonchev–Trinajstić information content (AvgIpc) is 3.22. The Labute approximate surface area is 188 Å². The molecule has 2 aromatic carbocycles. The summed E-state index contributed by atoms with van der Waals surface area (Å²) in [5.74, 6) is 2.33. The number of thioether (sulfide) groups is 1. The second-order valence-electron chi connectivity index (χ2n) is 7.36. The summed E-state index contributed by atoms with van der Waals surface area (Å²) in [5, 5.41) is 13.6. The van der Waals surface area contributed by atoms with Crippen molar-refractivity contribution < 1.29 is 4.52 Å². The van der Waals surface area contributed by atoms with Crippen molar-refractivity contribution in [3.63, 3.8) is 0 Å². The van der Waals surface area contributed by atoms with Gasteiger partial charge in [0, 0.05) is 15.6 Å². The van der Waals surface area contributed by atoms with Gasteiger partial charge in [0.1, 0.15) is 5.03 Å². The molecule has 30 heavy (non-hydrogen) atoms. The summed E-state index contributed by atoms with van der Waals surface area (Å²) in [7, 11) is 0. The zero-order valence-corrected chi connectivity index (χ0v) is 19.2. The van der Waals surface area contributed by atoms with Crippen molar-refractivity contribution in [1.29, 1.82) is 0 Å². The second kappa shape index (κ2) is 9.53. The minimum Gasteiger partial charge on any atom is -0.338 e. The number of nitrogens with zero attached hydrogens (tertiary/aromatic N) is 4. The van der Waals surface area contributed by atoms with E-state index in [0.717, 1.165) is 32.7 Å². The molecule has 0 spiro atoms. The van der Waals surface area contributed by atoms with E-state index in [1.807, 2.05) is 36.4 Å². The number of aromatic nitrogens is 4. The van der Waals surface area contributed by atoms with Crippen LogP contribution in [0.2, 0.25) is 0 Å². The largest absolute Gasteiger partial charge is 0.338 e. The van der Waals surface area contributed by atoms with Crippen molar-refractivity contribution in [2.24, 2.45) is 5.92 Å². The highest BCUT2D eigenvalue weighted by Gasteiger charge is 2.10. The van der Waals surface area contributed by atoms with Crippen molar-refractivity contribution in [2.75, 3.05) is 0 Å². The Morgan fingerprint density at radius 1 is 0.967 bits per heavy atom. The fraction of sp³-hybridized carbons (Fsp3) is 0.217. The van der Waals surface area contributed by atoms with Crippen LogP contribution in [0.15, 0.2) is 74.7 Å². The third-order valence-electron chi connectivity index (χ3n) is 4.43. The van der Waals surface area contributed by atoms with E-state index >= 15 is 0 Å². The fourth-order valence-corrected chi connectivity index (χ4v) is 4.08. The Hall–Kier alpha value is -2.51. The second-order valence-corrected chi connectivity index (χ2v) is 9.27. The molecule has 0 fully saturated rings. The highest BCUT2D eigenvalue weighted by Crippen LogP contribution is 2.25. The summed E-state index contributed by atoms with van der Waals surface area (Å²) in [6.07, 6.45) is 1.08. The number of hydrogen-bond acceptors (Lipinski definition) is 6. The van der Waals surface area contributed by atoms with Gasteiger partial charge in [-0.05, 0) is 42.2 Å². The van der Waals surface area contributed by atoms with E-state index in [1.54, 1.807) is 0 Å². The van der Waals surface area contributed by atoms with Crippen LogP contribution in [-0.2, 0) is 12.2 Å². The molecule has 0 radical (unpaired) electrons. The van der Waals surface area contributed by atoms with Gasteiger partial charge in [-0.1, -0.05) is 83.1 Å². The zero-order valence-electron chi connectivity index (χ0n) is 16.7. The Bertz CT molecular complexity index is 1110. The lowest BCUT2D eigenvalue weighted by molar-refractivity contribution is 0.391. The summed E-state index contributed by atoms with van der Waals surface area (Å²) in [6.45, 7) is 4.46. The molecule has 0 N–H and O–H groups in total. The van der Waals surface area contributed by atoms with Gasteiger partial charge < -0.3 is 4.52 Å². The van der Waals surface area contributed by atoms with E-state index in [0.29, 0.717) is 23.4 Å². The molecule has 0 saturated heterocycles. The van der Waals surface area contributed by atoms with E-state index in [-0.39, 0.29) is 0 Å². The molecule has 0 aliphatic heterocycles. The predicted molar refractivity (Wildman–Crippen MR) is 123 cm³/mol. The Kier molecular flexibility index (Phi) is 6.59. The number of hydrogen-bond donors (Lipinski definition) is 0. The van der Waals surface area contributed by atoms with Gasteiger partial charge in [0.05, 0.1) is 11.4 Å². The van der Waals surface area contributed by atoms with Gasteiger partial charge in [-0.15, -0.1) is 10.2 Å². The molecule has 0 unspecified atom stereocenters. The van der Waals surface area contributed by atoms with Crippen LogP contribution in [0.1, 0.15) is 25.3 Å². The van der Waals surface area contributed by atoms with Crippen LogP contribution in [0.3, 0.4) is 0 Å². The van der Waals surface area contributed by atoms with Crippen LogP contribution in [-0.4, -0.2) is 20.3 Å². The minimum atomic E-state index is 0.541. The number of rotatable bonds is 7. The summed E-state index contributed by atoms with van der Waals surface area (Å²) in [6, 6.07) is 20.3. The van der Waals surface area contributed by atoms with E-state index in [1.165, 1.54) is 17.3 Å². The zero-order chi connectivity index (χ0) is 20.9. The molecule has 0 atom stereocenters. The molecule has 4 aromatic rings. The van der Waals surface area contributed by atoms with Crippen LogP contribution in [0, 0.1) is 5.92 Å². The van der Waals surface area contributed by atoms with Crippen LogP contribution in [0.25, 0.3) is 22.6 Å². The molecular formula is C23H21BrN4OS. The molecular weight excluding hydrogens is 460 g/mol. The lowest BCUT2D eigenvalue weighted by Gasteiger charge is -2.06. The van der Waals surface area contributed by atoms with Crippen molar-refractivity contribution >= 4 is 27.7 Å². The van der Waals surface area contributed by atoms with Crippen molar-refractivity contribution in [2.45, 2.75) is 31.0 Å². The third kappa shape index (κ3) is 5.34. The van der Waals surface area contributed by atoms with Gasteiger partial charge in [0.2, 0.25) is 11.7 Å². The van der Waals surface area contributed by atoms with Gasteiger partial charge in [0.15, 0.2) is 0 Å². The highest BCUT2D eigenvalue weighted by molar-refractivity contribution is 9.10. The van der Waals surface area contributed by atoms with Crippen molar-refractivity contribution in [3.8, 4) is 22.6 Å². The summed E-state index contributed by atoms with van der Waals surface area (Å²) in [5.41, 5.74) is 4.19. The first-order valence-corrected chi connectivity index (χ1v) is 11.5. The summed E-state index contributed by atoms with van der Waals surface area (Å²) in [4.78, 5) is 4.46. The standard InChI is InChI=1S/C23H21BrN4OS/c1-15(2)12-16-6-8-17(9-7-16)20-10-11-22(27-26-20)30-14-21-25-23(28-29-21)18-4-3-5-19(24)13-18/h3-11,13,15H,12,14H2,1-2H3. The van der Waals surface area contributed by atoms with Crippen molar-refractivity contribution in [1.82, 2.24) is 20.3 Å². The van der Waals surface area contributed by atoms with Crippen LogP contribution >= 0.6 is 27.7 Å². The molecule has 4 rings (SSSR count). The molecule has 0 aliphatic rings. The maximum absolute atomic E-state index is 5.37. The topological polar surface area (TPSA) is 64.7 Å². The average molecular weight is 481 g/mol. The van der Waals surface area contributed by atoms with Gasteiger partial charge in [-0.25, -0.2) is 0 Å². The van der Waals surface area contributed by atoms with Gasteiger partial charge in [0.25, 0.3) is 0 Å². The molecule has 2 heterocycles. The summed E-state index contributed by atoms with van der Waals surface area (Å²) >= 11 is 4.98. The van der Waals surface area contributed by atoms with E-state index < -0.39 is 0 Å². The normalized spacial score (nSPS) is 11.2. The predicted octanol–water partition coefficient (Wildman–Crippen LogP) is 6.45. The molecule has 0 aliphatic carbocycles. The quantitative estimate of drug-likeness (QED) is 0.283. The number of halogens is 1. The van der Waals surface area contributed by atoms with Gasteiger partial charge in [-0.2, -0.15) is 4.98 Å².